The Balaban J connectivity index is 2.16. The Morgan fingerprint density at radius 1 is 1.18 bits per heavy atom. The molecule has 1 heterocycles. The Bertz CT molecular complexity index is 659. The fraction of sp³-hybridized carbons (Fsp3) is 0.188. The first-order chi connectivity index (χ1) is 10.6. The molecular formula is C16H16N2O4. The molecule has 0 aliphatic carbocycles. The predicted octanol–water partition coefficient (Wildman–Crippen LogP) is 1.73. The number of likely N-dealkylation sites (N-methyl/N-ethyl adjacent to an activating group) is 1. The molecule has 6 heteroatoms. The number of rotatable bonds is 4. The Morgan fingerprint density at radius 2 is 1.86 bits per heavy atom. The molecule has 114 valence electrons. The molecule has 1 aromatic carbocycles. The van der Waals surface area contributed by atoms with Crippen molar-refractivity contribution in [1.29, 1.82) is 0 Å². The maximum atomic E-state index is 12.0. The molecule has 0 spiro atoms. The number of amides is 4. The van der Waals surface area contributed by atoms with Crippen molar-refractivity contribution < 1.29 is 19.1 Å². The summed E-state index contributed by atoms with van der Waals surface area (Å²) in [4.78, 5) is 36.2. The van der Waals surface area contributed by atoms with Crippen molar-refractivity contribution in [2.75, 3.05) is 13.7 Å². The minimum absolute atomic E-state index is 0.0637. The van der Waals surface area contributed by atoms with Crippen molar-refractivity contribution in [3.63, 3.8) is 0 Å². The number of imide groups is 2. The van der Waals surface area contributed by atoms with Crippen LogP contribution in [0, 0.1) is 0 Å². The number of barbiturate groups is 1. The van der Waals surface area contributed by atoms with Gasteiger partial charge in [-0.25, -0.2) is 4.79 Å². The molecule has 0 saturated carbocycles. The van der Waals surface area contributed by atoms with Gasteiger partial charge in [0, 0.05) is 6.54 Å². The highest BCUT2D eigenvalue weighted by Crippen LogP contribution is 2.13. The number of carbonyl (C=O) groups is 3. The Morgan fingerprint density at radius 3 is 2.45 bits per heavy atom. The summed E-state index contributed by atoms with van der Waals surface area (Å²) in [7, 11) is 1.59. The summed E-state index contributed by atoms with van der Waals surface area (Å²) in [6, 6.07) is 6.62. The van der Waals surface area contributed by atoms with Crippen LogP contribution in [0.3, 0.4) is 0 Å². The number of nitrogens with one attached hydrogen (secondary N) is 1. The average Bonchev–Trinajstić information content (AvgIpc) is 2.51. The number of hydrogen-bond acceptors (Lipinski definition) is 4. The lowest BCUT2D eigenvalue weighted by Gasteiger charge is -2.24. The number of benzene rings is 1. The van der Waals surface area contributed by atoms with Crippen LogP contribution < -0.4 is 10.1 Å². The third-order valence-electron chi connectivity index (χ3n) is 3.17. The first-order valence-electron chi connectivity index (χ1n) is 6.76. The number of hydrogen-bond donors (Lipinski definition) is 1. The van der Waals surface area contributed by atoms with Crippen LogP contribution in [0.2, 0.25) is 0 Å². The van der Waals surface area contributed by atoms with Crippen molar-refractivity contribution in [3.8, 4) is 5.75 Å². The Hall–Kier alpha value is -2.89. The maximum Gasteiger partial charge on any atom is 0.331 e. The van der Waals surface area contributed by atoms with Gasteiger partial charge in [0.05, 0.1) is 7.11 Å². The summed E-state index contributed by atoms with van der Waals surface area (Å²) < 4.78 is 5.06. The second-order valence-electron chi connectivity index (χ2n) is 4.52. The predicted molar refractivity (Wildman–Crippen MR) is 81.0 cm³/mol. The van der Waals surface area contributed by atoms with E-state index in [0.29, 0.717) is 0 Å². The largest absolute Gasteiger partial charge is 0.497 e. The summed E-state index contributed by atoms with van der Waals surface area (Å²) in [6.45, 7) is 1.87. The van der Waals surface area contributed by atoms with E-state index < -0.39 is 17.8 Å². The van der Waals surface area contributed by atoms with Gasteiger partial charge in [-0.2, -0.15) is 0 Å². The van der Waals surface area contributed by atoms with Crippen molar-refractivity contribution in [1.82, 2.24) is 10.2 Å². The quantitative estimate of drug-likeness (QED) is 0.679. The summed E-state index contributed by atoms with van der Waals surface area (Å²) in [5.74, 6) is -0.524. The Labute approximate surface area is 128 Å². The van der Waals surface area contributed by atoms with E-state index in [2.05, 4.69) is 5.32 Å². The van der Waals surface area contributed by atoms with Crippen molar-refractivity contribution >= 4 is 23.9 Å². The molecule has 1 saturated heterocycles. The SMILES string of the molecule is CCN1C(=O)NC(=O)C(=CC=Cc2ccc(OC)cc2)C1=O. The lowest BCUT2D eigenvalue weighted by atomic mass is 10.1. The molecule has 0 atom stereocenters. The molecule has 0 unspecified atom stereocenters. The molecule has 1 N–H and O–H groups in total. The van der Waals surface area contributed by atoms with Gasteiger partial charge in [0.1, 0.15) is 11.3 Å². The van der Waals surface area contributed by atoms with Crippen LogP contribution in [-0.4, -0.2) is 36.4 Å². The number of ether oxygens (including phenoxy) is 1. The van der Waals surface area contributed by atoms with E-state index >= 15 is 0 Å². The lowest BCUT2D eigenvalue weighted by Crippen LogP contribution is -2.53. The van der Waals surface area contributed by atoms with Crippen LogP contribution in [0.25, 0.3) is 6.08 Å². The van der Waals surface area contributed by atoms with Crippen LogP contribution in [-0.2, 0) is 9.59 Å². The van der Waals surface area contributed by atoms with Gasteiger partial charge < -0.3 is 4.74 Å². The summed E-state index contributed by atoms with van der Waals surface area (Å²) in [5.41, 5.74) is 0.830. The van der Waals surface area contributed by atoms with Gasteiger partial charge in [-0.3, -0.25) is 19.8 Å². The maximum absolute atomic E-state index is 12.0. The molecule has 22 heavy (non-hydrogen) atoms. The van der Waals surface area contributed by atoms with Gasteiger partial charge in [0.25, 0.3) is 11.8 Å². The van der Waals surface area contributed by atoms with Crippen molar-refractivity contribution in [3.05, 3.63) is 47.6 Å². The molecule has 2 rings (SSSR count). The minimum Gasteiger partial charge on any atom is -0.497 e. The highest BCUT2D eigenvalue weighted by atomic mass is 16.5. The van der Waals surface area contributed by atoms with E-state index in [1.54, 1.807) is 26.2 Å². The van der Waals surface area contributed by atoms with Crippen LogP contribution in [0.15, 0.2) is 42.0 Å². The van der Waals surface area contributed by atoms with Crippen molar-refractivity contribution in [2.45, 2.75) is 6.92 Å². The van der Waals surface area contributed by atoms with Gasteiger partial charge in [0.15, 0.2) is 0 Å². The van der Waals surface area contributed by atoms with E-state index in [9.17, 15) is 14.4 Å². The van der Waals surface area contributed by atoms with Crippen LogP contribution in [0.5, 0.6) is 5.75 Å². The molecule has 0 bridgehead atoms. The van der Waals surface area contributed by atoms with Crippen LogP contribution in [0.4, 0.5) is 4.79 Å². The second kappa shape index (κ2) is 6.71. The topological polar surface area (TPSA) is 75.7 Å². The molecule has 0 aromatic heterocycles. The summed E-state index contributed by atoms with van der Waals surface area (Å²) in [5, 5.41) is 2.13. The standard InChI is InChI=1S/C16H16N2O4/c1-3-18-15(20)13(14(19)17-16(18)21)6-4-5-11-7-9-12(22-2)10-8-11/h4-10H,3H2,1-2H3,(H,17,19,21). The number of methoxy groups -OCH3 is 1. The number of urea groups is 1. The first-order valence-corrected chi connectivity index (χ1v) is 6.76. The van der Waals surface area contributed by atoms with E-state index in [4.69, 9.17) is 4.74 Å². The smallest absolute Gasteiger partial charge is 0.331 e. The highest BCUT2D eigenvalue weighted by Gasteiger charge is 2.34. The van der Waals surface area contributed by atoms with E-state index in [0.717, 1.165) is 16.2 Å². The van der Waals surface area contributed by atoms with Gasteiger partial charge in [-0.15, -0.1) is 0 Å². The first kappa shape index (κ1) is 15.5. The molecular weight excluding hydrogens is 284 g/mol. The van der Waals surface area contributed by atoms with E-state index in [1.165, 1.54) is 6.08 Å². The van der Waals surface area contributed by atoms with E-state index in [1.807, 2.05) is 24.3 Å². The highest BCUT2D eigenvalue weighted by molar-refractivity contribution is 6.28. The van der Waals surface area contributed by atoms with E-state index in [-0.39, 0.29) is 12.1 Å². The molecule has 1 aromatic rings. The van der Waals surface area contributed by atoms with Gasteiger partial charge in [0.2, 0.25) is 0 Å². The van der Waals surface area contributed by atoms with Crippen LogP contribution >= 0.6 is 0 Å². The van der Waals surface area contributed by atoms with Gasteiger partial charge in [-0.1, -0.05) is 24.3 Å². The minimum atomic E-state index is -0.686. The molecule has 1 fully saturated rings. The van der Waals surface area contributed by atoms with Crippen LogP contribution in [0.1, 0.15) is 12.5 Å². The third kappa shape index (κ3) is 3.22. The molecule has 6 nitrogen and oxygen atoms in total. The normalized spacial score (nSPS) is 17.3. The fourth-order valence-electron chi connectivity index (χ4n) is 1.97. The van der Waals surface area contributed by atoms with Gasteiger partial charge >= 0.3 is 6.03 Å². The summed E-state index contributed by atoms with van der Waals surface area (Å²) >= 11 is 0. The third-order valence-corrected chi connectivity index (χ3v) is 3.17. The number of nitrogens with zero attached hydrogens (tertiary/aromatic N) is 1. The molecule has 0 radical (unpaired) electrons. The monoisotopic (exact) mass is 300 g/mol. The number of carbonyl (C=O) groups excluding carboxylic acids is 3. The summed E-state index contributed by atoms with van der Waals surface area (Å²) in [6.07, 6.45) is 4.75. The number of allylic oxidation sites excluding steroid dienone is 2. The second-order valence-corrected chi connectivity index (χ2v) is 4.52. The average molecular weight is 300 g/mol. The zero-order valence-corrected chi connectivity index (χ0v) is 12.3. The zero-order valence-electron chi connectivity index (χ0n) is 12.3. The molecule has 1 aliphatic rings. The van der Waals surface area contributed by atoms with Crippen molar-refractivity contribution in [2.24, 2.45) is 0 Å². The molecule has 1 aliphatic heterocycles. The lowest BCUT2D eigenvalue weighted by molar-refractivity contribution is -0.130. The molecule has 4 amide bonds. The fourth-order valence-corrected chi connectivity index (χ4v) is 1.97. The van der Waals surface area contributed by atoms with Gasteiger partial charge in [-0.05, 0) is 30.7 Å². The zero-order chi connectivity index (χ0) is 16.1. The Kier molecular flexibility index (Phi) is 4.73.